The maximum absolute atomic E-state index is 6.35. The van der Waals surface area contributed by atoms with Crippen LogP contribution in [0.4, 0.5) is 0 Å². The van der Waals surface area contributed by atoms with E-state index in [2.05, 4.69) is 47.8 Å². The zero-order chi connectivity index (χ0) is 13.8. The first-order valence-corrected chi connectivity index (χ1v) is 7.04. The van der Waals surface area contributed by atoms with E-state index in [4.69, 9.17) is 11.6 Å². The third-order valence-corrected chi connectivity index (χ3v) is 3.40. The molecule has 102 valence electrons. The summed E-state index contributed by atoms with van der Waals surface area (Å²) < 4.78 is 2.07. The number of imidazole rings is 1. The van der Waals surface area contributed by atoms with Crippen molar-refractivity contribution in [3.63, 3.8) is 0 Å². The van der Waals surface area contributed by atoms with Crippen LogP contribution in [0, 0.1) is 0 Å². The molecule has 0 saturated carbocycles. The predicted molar refractivity (Wildman–Crippen MR) is 79.9 cm³/mol. The molecule has 0 atom stereocenters. The van der Waals surface area contributed by atoms with Gasteiger partial charge in [-0.05, 0) is 17.7 Å². The van der Waals surface area contributed by atoms with E-state index < -0.39 is 0 Å². The predicted octanol–water partition coefficient (Wildman–Crippen LogP) is 3.59. The molecule has 1 heterocycles. The van der Waals surface area contributed by atoms with E-state index in [1.54, 1.807) is 0 Å². The number of hydrogen-bond donors (Lipinski definition) is 1. The van der Waals surface area contributed by atoms with Gasteiger partial charge in [0.15, 0.2) is 0 Å². The van der Waals surface area contributed by atoms with Crippen LogP contribution in [0.25, 0.3) is 5.69 Å². The number of aromatic nitrogens is 2. The minimum absolute atomic E-state index is 0.455. The number of rotatable bonds is 5. The number of hydrogen-bond acceptors (Lipinski definition) is 2. The smallest absolute Gasteiger partial charge is 0.112 e. The van der Waals surface area contributed by atoms with Gasteiger partial charge >= 0.3 is 0 Å². The lowest BCUT2D eigenvalue weighted by molar-refractivity contribution is 0.589. The van der Waals surface area contributed by atoms with Gasteiger partial charge in [-0.1, -0.05) is 38.4 Å². The largest absolute Gasteiger partial charge is 0.310 e. The van der Waals surface area contributed by atoms with Crippen LogP contribution in [0.15, 0.2) is 30.6 Å². The van der Waals surface area contributed by atoms with Crippen molar-refractivity contribution in [3.8, 4) is 5.69 Å². The van der Waals surface area contributed by atoms with Gasteiger partial charge in [0.05, 0.1) is 0 Å². The van der Waals surface area contributed by atoms with E-state index in [1.807, 2.05) is 18.5 Å². The Balaban J connectivity index is 2.23. The second-order valence-electron chi connectivity index (χ2n) is 4.88. The first-order valence-electron chi connectivity index (χ1n) is 6.66. The highest BCUT2D eigenvalue weighted by Gasteiger charge is 2.06. The topological polar surface area (TPSA) is 29.9 Å². The summed E-state index contributed by atoms with van der Waals surface area (Å²) in [5.41, 5.74) is 2.19. The SMILES string of the molecule is CCc1nccn1-c1ccc(CNC(C)C)c(Cl)c1. The summed E-state index contributed by atoms with van der Waals surface area (Å²) in [5.74, 6) is 1.05. The summed E-state index contributed by atoms with van der Waals surface area (Å²) in [6.07, 6.45) is 4.69. The fourth-order valence-corrected chi connectivity index (χ4v) is 2.22. The number of halogens is 1. The highest BCUT2D eigenvalue weighted by atomic mass is 35.5. The molecular formula is C15H20ClN3. The lowest BCUT2D eigenvalue weighted by atomic mass is 10.2. The first-order chi connectivity index (χ1) is 9.11. The van der Waals surface area contributed by atoms with Crippen LogP contribution in [0.3, 0.4) is 0 Å². The molecule has 0 radical (unpaired) electrons. The lowest BCUT2D eigenvalue weighted by Gasteiger charge is -2.12. The van der Waals surface area contributed by atoms with E-state index in [-0.39, 0.29) is 0 Å². The maximum Gasteiger partial charge on any atom is 0.112 e. The minimum atomic E-state index is 0.455. The van der Waals surface area contributed by atoms with Gasteiger partial charge in [-0.25, -0.2) is 4.98 Å². The second-order valence-corrected chi connectivity index (χ2v) is 5.29. The highest BCUT2D eigenvalue weighted by Crippen LogP contribution is 2.21. The molecule has 2 rings (SSSR count). The molecule has 0 unspecified atom stereocenters. The van der Waals surface area contributed by atoms with Crippen molar-refractivity contribution in [3.05, 3.63) is 47.0 Å². The zero-order valence-electron chi connectivity index (χ0n) is 11.7. The Labute approximate surface area is 119 Å². The summed E-state index contributed by atoms with van der Waals surface area (Å²) >= 11 is 6.35. The van der Waals surface area contributed by atoms with Gasteiger partial charge in [0.1, 0.15) is 5.82 Å². The van der Waals surface area contributed by atoms with Crippen LogP contribution in [0.1, 0.15) is 32.2 Å². The third kappa shape index (κ3) is 3.37. The molecule has 0 spiro atoms. The van der Waals surface area contributed by atoms with E-state index in [0.717, 1.165) is 35.1 Å². The molecule has 0 amide bonds. The zero-order valence-corrected chi connectivity index (χ0v) is 12.4. The van der Waals surface area contributed by atoms with Crippen LogP contribution in [-0.4, -0.2) is 15.6 Å². The van der Waals surface area contributed by atoms with E-state index in [9.17, 15) is 0 Å². The molecule has 1 aromatic heterocycles. The summed E-state index contributed by atoms with van der Waals surface area (Å²) in [7, 11) is 0. The van der Waals surface area contributed by atoms with Gasteiger partial charge in [-0.3, -0.25) is 0 Å². The second kappa shape index (κ2) is 6.22. The Morgan fingerprint density at radius 2 is 2.16 bits per heavy atom. The normalized spacial score (nSPS) is 11.2. The van der Waals surface area contributed by atoms with E-state index in [1.165, 1.54) is 0 Å². The molecule has 0 aliphatic heterocycles. The van der Waals surface area contributed by atoms with Gasteiger partial charge in [0.2, 0.25) is 0 Å². The van der Waals surface area contributed by atoms with Crippen LogP contribution in [-0.2, 0) is 13.0 Å². The van der Waals surface area contributed by atoms with Gasteiger partial charge in [-0.15, -0.1) is 0 Å². The Morgan fingerprint density at radius 1 is 1.37 bits per heavy atom. The molecule has 1 N–H and O–H groups in total. The summed E-state index contributed by atoms with van der Waals surface area (Å²) in [6, 6.07) is 6.62. The van der Waals surface area contributed by atoms with Crippen molar-refractivity contribution in [2.45, 2.75) is 39.8 Å². The quantitative estimate of drug-likeness (QED) is 0.905. The Hall–Kier alpha value is -1.32. The van der Waals surface area contributed by atoms with Crippen molar-refractivity contribution in [1.82, 2.24) is 14.9 Å². The molecule has 0 fully saturated rings. The van der Waals surface area contributed by atoms with Crippen LogP contribution in [0.5, 0.6) is 0 Å². The van der Waals surface area contributed by atoms with Crippen molar-refractivity contribution in [1.29, 1.82) is 0 Å². The molecule has 3 nitrogen and oxygen atoms in total. The molecule has 1 aromatic carbocycles. The number of nitrogens with zero attached hydrogens (tertiary/aromatic N) is 2. The minimum Gasteiger partial charge on any atom is -0.310 e. The average Bonchev–Trinajstić information content (AvgIpc) is 2.85. The highest BCUT2D eigenvalue weighted by molar-refractivity contribution is 6.31. The van der Waals surface area contributed by atoms with Crippen molar-refractivity contribution >= 4 is 11.6 Å². The van der Waals surface area contributed by atoms with Gasteiger partial charge < -0.3 is 9.88 Å². The Morgan fingerprint density at radius 3 is 2.79 bits per heavy atom. The maximum atomic E-state index is 6.35. The molecule has 0 bridgehead atoms. The van der Waals surface area contributed by atoms with Crippen LogP contribution in [0.2, 0.25) is 5.02 Å². The van der Waals surface area contributed by atoms with Crippen molar-refractivity contribution < 1.29 is 0 Å². The standard InChI is InChI=1S/C15H20ClN3/c1-4-15-17-7-8-19(15)13-6-5-12(14(16)9-13)10-18-11(2)3/h5-9,11,18H,4,10H2,1-3H3. The summed E-state index contributed by atoms with van der Waals surface area (Å²) in [6.45, 7) is 7.14. The van der Waals surface area contributed by atoms with Crippen molar-refractivity contribution in [2.75, 3.05) is 0 Å². The van der Waals surface area contributed by atoms with Gasteiger partial charge in [0.25, 0.3) is 0 Å². The fraction of sp³-hybridized carbons (Fsp3) is 0.400. The molecule has 0 aliphatic rings. The van der Waals surface area contributed by atoms with Crippen LogP contribution >= 0.6 is 11.6 Å². The van der Waals surface area contributed by atoms with Gasteiger partial charge in [-0.2, -0.15) is 0 Å². The number of nitrogens with one attached hydrogen (secondary N) is 1. The van der Waals surface area contributed by atoms with Gasteiger partial charge in [0, 0.05) is 42.1 Å². The average molecular weight is 278 g/mol. The molecular weight excluding hydrogens is 258 g/mol. The Kier molecular flexibility index (Phi) is 4.61. The number of aryl methyl sites for hydroxylation is 1. The molecule has 2 aromatic rings. The molecule has 19 heavy (non-hydrogen) atoms. The van der Waals surface area contributed by atoms with Crippen molar-refractivity contribution in [2.24, 2.45) is 0 Å². The molecule has 0 saturated heterocycles. The number of benzene rings is 1. The Bertz CT molecular complexity index is 546. The summed E-state index contributed by atoms with van der Waals surface area (Å²) in [5, 5.41) is 4.17. The third-order valence-electron chi connectivity index (χ3n) is 3.05. The monoisotopic (exact) mass is 277 g/mol. The van der Waals surface area contributed by atoms with Crippen LogP contribution < -0.4 is 5.32 Å². The summed E-state index contributed by atoms with van der Waals surface area (Å²) in [4.78, 5) is 4.33. The lowest BCUT2D eigenvalue weighted by Crippen LogP contribution is -2.22. The molecule has 0 aliphatic carbocycles. The fourth-order valence-electron chi connectivity index (χ4n) is 1.97. The van der Waals surface area contributed by atoms with E-state index in [0.29, 0.717) is 6.04 Å². The van der Waals surface area contributed by atoms with E-state index >= 15 is 0 Å². The molecule has 4 heteroatoms. The first kappa shape index (κ1) is 14.1.